The van der Waals surface area contributed by atoms with Crippen molar-refractivity contribution >= 4 is 27.3 Å². The second-order valence-electron chi connectivity index (χ2n) is 6.62. The topological polar surface area (TPSA) is 76.7 Å². The molecule has 1 saturated heterocycles. The van der Waals surface area contributed by atoms with Crippen molar-refractivity contribution in [2.75, 3.05) is 13.1 Å². The highest BCUT2D eigenvalue weighted by Crippen LogP contribution is 2.20. The minimum absolute atomic E-state index is 0.116. The first-order chi connectivity index (χ1) is 12.9. The van der Waals surface area contributed by atoms with E-state index < -0.39 is 10.0 Å². The van der Waals surface area contributed by atoms with Gasteiger partial charge in [0.1, 0.15) is 0 Å². The Morgan fingerprint density at radius 1 is 1.00 bits per heavy atom. The lowest BCUT2D eigenvalue weighted by Gasteiger charge is -2.25. The summed E-state index contributed by atoms with van der Waals surface area (Å²) in [5.41, 5.74) is 0.910. The van der Waals surface area contributed by atoms with Crippen molar-refractivity contribution in [3.05, 3.63) is 63.7 Å². The third-order valence-corrected chi connectivity index (χ3v) is 6.88. The summed E-state index contributed by atoms with van der Waals surface area (Å²) in [6.45, 7) is 1.32. The average Bonchev–Trinajstić information content (AvgIpc) is 2.99. The molecule has 3 aromatic rings. The van der Waals surface area contributed by atoms with Gasteiger partial charge in [0.05, 0.1) is 11.4 Å². The summed E-state index contributed by atoms with van der Waals surface area (Å²) in [4.78, 5) is 12.8. The molecule has 3 heterocycles. The van der Waals surface area contributed by atoms with E-state index in [1.54, 1.807) is 18.2 Å². The zero-order chi connectivity index (χ0) is 19.0. The molecule has 0 amide bonds. The van der Waals surface area contributed by atoms with Crippen molar-refractivity contribution in [1.82, 2.24) is 18.5 Å². The Hall–Kier alpha value is -2.16. The SMILES string of the molecule is O=c1n(Cc2ccc(Cl)cc2)nc2ccc(S(=O)(=O)N3CCCCC3)cn12. The number of benzene rings is 1. The minimum atomic E-state index is -3.60. The van der Waals surface area contributed by atoms with Crippen LogP contribution < -0.4 is 5.69 Å². The van der Waals surface area contributed by atoms with Crippen molar-refractivity contribution in [1.29, 1.82) is 0 Å². The zero-order valence-corrected chi connectivity index (χ0v) is 16.2. The Bertz CT molecular complexity index is 1130. The molecule has 9 heteroatoms. The molecule has 0 N–H and O–H groups in total. The second-order valence-corrected chi connectivity index (χ2v) is 9.00. The summed E-state index contributed by atoms with van der Waals surface area (Å²) in [5, 5.41) is 4.91. The van der Waals surface area contributed by atoms with E-state index in [2.05, 4.69) is 5.10 Å². The van der Waals surface area contributed by atoms with Crippen molar-refractivity contribution < 1.29 is 8.42 Å². The van der Waals surface area contributed by atoms with Crippen LogP contribution in [0, 0.1) is 0 Å². The van der Waals surface area contributed by atoms with Gasteiger partial charge in [-0.25, -0.2) is 22.3 Å². The molecule has 1 aliphatic rings. The molecular weight excluding hydrogens is 388 g/mol. The summed E-state index contributed by atoms with van der Waals surface area (Å²) < 4.78 is 29.8. The molecule has 0 unspecified atom stereocenters. The summed E-state index contributed by atoms with van der Waals surface area (Å²) in [6.07, 6.45) is 4.13. The van der Waals surface area contributed by atoms with Gasteiger partial charge in [0, 0.05) is 24.3 Å². The lowest BCUT2D eigenvalue weighted by Crippen LogP contribution is -2.35. The number of halogens is 1. The first kappa shape index (κ1) is 18.2. The predicted molar refractivity (Wildman–Crippen MR) is 103 cm³/mol. The monoisotopic (exact) mass is 406 g/mol. The second kappa shape index (κ2) is 7.10. The molecule has 4 rings (SSSR count). The van der Waals surface area contributed by atoms with Crippen LogP contribution in [0.2, 0.25) is 5.02 Å². The Morgan fingerprint density at radius 2 is 1.70 bits per heavy atom. The minimum Gasteiger partial charge on any atom is -0.249 e. The van der Waals surface area contributed by atoms with E-state index in [-0.39, 0.29) is 17.1 Å². The van der Waals surface area contributed by atoms with Crippen molar-refractivity contribution in [3.63, 3.8) is 0 Å². The molecule has 7 nitrogen and oxygen atoms in total. The number of sulfonamides is 1. The van der Waals surface area contributed by atoms with E-state index in [0.717, 1.165) is 24.8 Å². The summed E-state index contributed by atoms with van der Waals surface area (Å²) in [7, 11) is -3.60. The van der Waals surface area contributed by atoms with Gasteiger partial charge in [0.25, 0.3) is 0 Å². The molecule has 0 saturated carbocycles. The number of aromatic nitrogens is 3. The molecule has 0 atom stereocenters. The molecule has 0 bridgehead atoms. The summed E-state index contributed by atoms with van der Waals surface area (Å²) in [5.74, 6) is 0. The average molecular weight is 407 g/mol. The van der Waals surface area contributed by atoms with Gasteiger partial charge in [0.2, 0.25) is 10.0 Å². The first-order valence-electron chi connectivity index (χ1n) is 8.79. The molecule has 0 spiro atoms. The van der Waals surface area contributed by atoms with Gasteiger partial charge in [-0.3, -0.25) is 0 Å². The maximum atomic E-state index is 12.8. The number of hydrogen-bond donors (Lipinski definition) is 0. The van der Waals surface area contributed by atoms with Crippen molar-refractivity contribution in [3.8, 4) is 0 Å². The van der Waals surface area contributed by atoms with Crippen LogP contribution in [-0.2, 0) is 16.6 Å². The van der Waals surface area contributed by atoms with Crippen LogP contribution in [0.5, 0.6) is 0 Å². The third-order valence-electron chi connectivity index (χ3n) is 4.75. The van der Waals surface area contributed by atoms with E-state index in [1.165, 1.54) is 25.7 Å². The van der Waals surface area contributed by atoms with Gasteiger partial charge in [-0.2, -0.15) is 4.31 Å². The van der Waals surface area contributed by atoms with E-state index in [4.69, 9.17) is 11.6 Å². The molecule has 142 valence electrons. The molecule has 27 heavy (non-hydrogen) atoms. The van der Waals surface area contributed by atoms with Gasteiger partial charge >= 0.3 is 5.69 Å². The highest BCUT2D eigenvalue weighted by molar-refractivity contribution is 7.89. The van der Waals surface area contributed by atoms with Gasteiger partial charge in [-0.15, -0.1) is 5.10 Å². The van der Waals surface area contributed by atoms with Crippen LogP contribution in [0.1, 0.15) is 24.8 Å². The standard InChI is InChI=1S/C18H19ClN4O3S/c19-15-6-4-14(5-7-15)12-23-18(24)22-13-16(8-9-17(22)20-23)27(25,26)21-10-2-1-3-11-21/h4-9,13H,1-3,10-12H2. The number of pyridine rings is 1. The van der Waals surface area contributed by atoms with Crippen LogP contribution in [0.3, 0.4) is 0 Å². The van der Waals surface area contributed by atoms with Gasteiger partial charge in [-0.05, 0) is 42.7 Å². The lowest BCUT2D eigenvalue weighted by atomic mass is 10.2. The van der Waals surface area contributed by atoms with Crippen LogP contribution in [0.25, 0.3) is 5.65 Å². The Kier molecular flexibility index (Phi) is 4.79. The molecular formula is C18H19ClN4O3S. The van der Waals surface area contributed by atoms with Crippen LogP contribution >= 0.6 is 11.6 Å². The number of rotatable bonds is 4. The number of hydrogen-bond acceptors (Lipinski definition) is 4. The predicted octanol–water partition coefficient (Wildman–Crippen LogP) is 2.37. The largest absolute Gasteiger partial charge is 0.350 e. The highest BCUT2D eigenvalue weighted by Gasteiger charge is 2.26. The summed E-state index contributed by atoms with van der Waals surface area (Å²) >= 11 is 5.89. The maximum Gasteiger partial charge on any atom is 0.350 e. The number of fused-ring (bicyclic) bond motifs is 1. The van der Waals surface area contributed by atoms with E-state index in [0.29, 0.717) is 23.8 Å². The van der Waals surface area contributed by atoms with Crippen molar-refractivity contribution in [2.45, 2.75) is 30.7 Å². The fraction of sp³-hybridized carbons (Fsp3) is 0.333. The third kappa shape index (κ3) is 3.52. The molecule has 1 aromatic carbocycles. The van der Waals surface area contributed by atoms with E-state index in [1.807, 2.05) is 12.1 Å². The van der Waals surface area contributed by atoms with Crippen LogP contribution in [-0.4, -0.2) is 40.0 Å². The molecule has 1 fully saturated rings. The number of nitrogens with zero attached hydrogens (tertiary/aromatic N) is 4. The fourth-order valence-electron chi connectivity index (χ4n) is 3.27. The zero-order valence-electron chi connectivity index (χ0n) is 14.6. The Morgan fingerprint density at radius 3 is 2.41 bits per heavy atom. The van der Waals surface area contributed by atoms with Gasteiger partial charge in [-0.1, -0.05) is 30.2 Å². The Labute approximate surface area is 161 Å². The number of piperidine rings is 1. The Balaban J connectivity index is 1.69. The molecule has 0 aliphatic carbocycles. The fourth-order valence-corrected chi connectivity index (χ4v) is 4.91. The molecule has 0 radical (unpaired) electrons. The van der Waals surface area contributed by atoms with Crippen molar-refractivity contribution in [2.24, 2.45) is 0 Å². The van der Waals surface area contributed by atoms with Crippen LogP contribution in [0.4, 0.5) is 0 Å². The first-order valence-corrected chi connectivity index (χ1v) is 10.6. The normalized spacial score (nSPS) is 16.0. The quantitative estimate of drug-likeness (QED) is 0.666. The van der Waals surface area contributed by atoms with E-state index >= 15 is 0 Å². The van der Waals surface area contributed by atoms with Crippen LogP contribution in [0.15, 0.2) is 52.3 Å². The van der Waals surface area contributed by atoms with Gasteiger partial charge < -0.3 is 0 Å². The summed E-state index contributed by atoms with van der Waals surface area (Å²) in [6, 6.07) is 10.2. The van der Waals surface area contributed by atoms with E-state index in [9.17, 15) is 13.2 Å². The highest BCUT2D eigenvalue weighted by atomic mass is 35.5. The molecule has 1 aliphatic heterocycles. The smallest absolute Gasteiger partial charge is 0.249 e. The lowest BCUT2D eigenvalue weighted by molar-refractivity contribution is 0.346. The molecule has 2 aromatic heterocycles. The maximum absolute atomic E-state index is 12.8. The van der Waals surface area contributed by atoms with Gasteiger partial charge in [0.15, 0.2) is 5.65 Å².